The van der Waals surface area contributed by atoms with Crippen molar-refractivity contribution in [2.75, 3.05) is 0 Å². The summed E-state index contributed by atoms with van der Waals surface area (Å²) in [6.45, 7) is -2.90. The Morgan fingerprint density at radius 1 is 1.00 bits per heavy atom. The molecule has 2 saturated carbocycles. The van der Waals surface area contributed by atoms with E-state index in [0.29, 0.717) is 32.8 Å². The second-order valence-corrected chi connectivity index (χ2v) is 11.6. The molecule has 6 nitrogen and oxygen atoms in total. The number of rotatable bonds is 10. The van der Waals surface area contributed by atoms with Gasteiger partial charge in [-0.25, -0.2) is 4.39 Å². The molecule has 2 N–H and O–H groups in total. The Balaban J connectivity index is 1.38. The van der Waals surface area contributed by atoms with Crippen LogP contribution in [0.15, 0.2) is 67.0 Å². The predicted octanol–water partition coefficient (Wildman–Crippen LogP) is 7.75. The molecule has 42 heavy (non-hydrogen) atoms. The van der Waals surface area contributed by atoms with Crippen molar-refractivity contribution in [2.24, 2.45) is 5.92 Å². The fourth-order valence-corrected chi connectivity index (χ4v) is 5.55. The highest BCUT2D eigenvalue weighted by atomic mass is 35.5. The zero-order valence-corrected chi connectivity index (χ0v) is 23.8. The Hall–Kier alpha value is -3.69. The van der Waals surface area contributed by atoms with E-state index >= 15 is 0 Å². The maximum atomic E-state index is 14.0. The van der Waals surface area contributed by atoms with E-state index in [2.05, 4.69) is 10.1 Å². The van der Waals surface area contributed by atoms with E-state index in [-0.39, 0.29) is 41.3 Å². The van der Waals surface area contributed by atoms with Gasteiger partial charge in [-0.3, -0.25) is 10.2 Å². The van der Waals surface area contributed by atoms with Crippen LogP contribution in [0.1, 0.15) is 59.3 Å². The summed E-state index contributed by atoms with van der Waals surface area (Å²) in [5, 5.41) is 12.5. The lowest BCUT2D eigenvalue weighted by molar-refractivity contribution is -0.0496. The summed E-state index contributed by atoms with van der Waals surface area (Å²) < 4.78 is 48.8. The number of halogens is 5. The van der Waals surface area contributed by atoms with Crippen LogP contribution < -0.4 is 15.7 Å². The maximum absolute atomic E-state index is 14.0. The fraction of sp³-hybridized carbons (Fsp3) is 0.290. The van der Waals surface area contributed by atoms with Crippen LogP contribution in [0.25, 0.3) is 11.1 Å². The Kier molecular flexibility index (Phi) is 7.81. The minimum atomic E-state index is -3.16. The van der Waals surface area contributed by atoms with Crippen molar-refractivity contribution in [2.45, 2.75) is 50.9 Å². The molecular weight excluding hydrogens is 588 g/mol. The number of imidazole rings is 1. The lowest BCUT2D eigenvalue weighted by atomic mass is 9.97. The third-order valence-corrected chi connectivity index (χ3v) is 8.36. The molecule has 2 aliphatic carbocycles. The molecule has 0 spiro atoms. The summed E-state index contributed by atoms with van der Waals surface area (Å²) in [6, 6.07) is 13.7. The second kappa shape index (κ2) is 11.5. The lowest BCUT2D eigenvalue weighted by Gasteiger charge is -2.20. The quantitative estimate of drug-likeness (QED) is 0.192. The molecule has 1 aromatic heterocycles. The molecular formula is C31H27Cl2F3N4O2. The highest BCUT2D eigenvalue weighted by Gasteiger charge is 2.34. The van der Waals surface area contributed by atoms with Gasteiger partial charge in [0.25, 0.3) is 5.91 Å². The minimum Gasteiger partial charge on any atom is -0.434 e. The molecule has 0 saturated heterocycles. The molecule has 3 aromatic carbocycles. The van der Waals surface area contributed by atoms with E-state index in [1.807, 2.05) is 23.0 Å². The van der Waals surface area contributed by atoms with E-state index in [4.69, 9.17) is 28.6 Å². The minimum absolute atomic E-state index is 0.211. The van der Waals surface area contributed by atoms with Crippen LogP contribution in [0.2, 0.25) is 10.0 Å². The van der Waals surface area contributed by atoms with Gasteiger partial charge in [-0.05, 0) is 90.8 Å². The number of nitrogens with one attached hydrogen (secondary N) is 2. The summed E-state index contributed by atoms with van der Waals surface area (Å²) >= 11 is 12.4. The smallest absolute Gasteiger partial charge is 0.387 e. The normalized spacial score (nSPS) is 15.6. The first-order chi connectivity index (χ1) is 20.2. The SMILES string of the molecule is N=c1n(Cc2cc(C(=O)N[C@H](c3ccc(Cl)c(Cl)c3)C3CC3)cc(-c3ccc(F)cc3OC(F)F)c2)ccn1C1CC1. The number of ether oxygens (including phenoxy) is 1. The third-order valence-electron chi connectivity index (χ3n) is 7.63. The van der Waals surface area contributed by atoms with Crippen LogP contribution in [0.4, 0.5) is 13.2 Å². The zero-order valence-electron chi connectivity index (χ0n) is 22.3. The summed E-state index contributed by atoms with van der Waals surface area (Å²) in [4.78, 5) is 13.8. The number of aromatic nitrogens is 2. The van der Waals surface area contributed by atoms with Gasteiger partial charge in [-0.2, -0.15) is 8.78 Å². The number of alkyl halides is 2. The van der Waals surface area contributed by atoms with Crippen molar-refractivity contribution >= 4 is 29.1 Å². The first kappa shape index (κ1) is 28.4. The largest absolute Gasteiger partial charge is 0.434 e. The maximum Gasteiger partial charge on any atom is 0.387 e. The molecule has 0 unspecified atom stereocenters. The van der Waals surface area contributed by atoms with Gasteiger partial charge in [0, 0.05) is 35.6 Å². The lowest BCUT2D eigenvalue weighted by Crippen LogP contribution is -2.30. The van der Waals surface area contributed by atoms with Crippen molar-refractivity contribution in [3.63, 3.8) is 0 Å². The van der Waals surface area contributed by atoms with Gasteiger partial charge in [0.1, 0.15) is 11.6 Å². The highest BCUT2D eigenvalue weighted by Crippen LogP contribution is 2.42. The Bertz CT molecular complexity index is 1710. The molecule has 6 rings (SSSR count). The van der Waals surface area contributed by atoms with Crippen LogP contribution in [0.3, 0.4) is 0 Å². The fourth-order valence-electron chi connectivity index (χ4n) is 5.24. The van der Waals surface area contributed by atoms with E-state index < -0.39 is 12.4 Å². The summed E-state index contributed by atoms with van der Waals surface area (Å²) in [5.74, 6) is -1.20. The van der Waals surface area contributed by atoms with E-state index in [1.54, 1.807) is 34.9 Å². The molecule has 1 atom stereocenters. The summed E-state index contributed by atoms with van der Waals surface area (Å²) in [6.07, 6.45) is 7.62. The van der Waals surface area contributed by atoms with Gasteiger partial charge in [0.2, 0.25) is 5.62 Å². The van der Waals surface area contributed by atoms with Crippen molar-refractivity contribution in [3.8, 4) is 16.9 Å². The molecule has 1 heterocycles. The molecule has 4 aromatic rings. The molecule has 11 heteroatoms. The number of nitrogens with zero attached hydrogens (tertiary/aromatic N) is 2. The second-order valence-electron chi connectivity index (χ2n) is 10.8. The van der Waals surface area contributed by atoms with Gasteiger partial charge in [0.15, 0.2) is 0 Å². The van der Waals surface area contributed by atoms with Crippen LogP contribution in [0, 0.1) is 17.1 Å². The highest BCUT2D eigenvalue weighted by molar-refractivity contribution is 6.42. The topological polar surface area (TPSA) is 72.0 Å². The first-order valence-corrected chi connectivity index (χ1v) is 14.4. The van der Waals surface area contributed by atoms with Gasteiger partial charge < -0.3 is 19.2 Å². The number of carbonyl (C=O) groups excluding carboxylic acids is 1. The molecule has 218 valence electrons. The third kappa shape index (κ3) is 6.22. The molecule has 1 amide bonds. The van der Waals surface area contributed by atoms with E-state index in [9.17, 15) is 18.0 Å². The molecule has 0 aliphatic heterocycles. The molecule has 2 fully saturated rings. The van der Waals surface area contributed by atoms with Crippen LogP contribution in [-0.4, -0.2) is 21.7 Å². The summed E-state index contributed by atoms with van der Waals surface area (Å²) in [7, 11) is 0. The van der Waals surface area contributed by atoms with Crippen LogP contribution >= 0.6 is 23.2 Å². The number of amides is 1. The van der Waals surface area contributed by atoms with Crippen molar-refractivity contribution in [3.05, 3.63) is 105 Å². The molecule has 2 aliphatic rings. The van der Waals surface area contributed by atoms with Crippen LogP contribution in [0.5, 0.6) is 5.75 Å². The number of hydrogen-bond donors (Lipinski definition) is 2. The average Bonchev–Trinajstić information content (AvgIpc) is 3.88. The van der Waals surface area contributed by atoms with Crippen LogP contribution in [-0.2, 0) is 6.54 Å². The van der Waals surface area contributed by atoms with Gasteiger partial charge in [-0.1, -0.05) is 29.3 Å². The average molecular weight is 615 g/mol. The summed E-state index contributed by atoms with van der Waals surface area (Å²) in [5.41, 5.74) is 2.72. The Morgan fingerprint density at radius 2 is 1.79 bits per heavy atom. The monoisotopic (exact) mass is 614 g/mol. The number of carbonyl (C=O) groups is 1. The van der Waals surface area contributed by atoms with Crippen molar-refractivity contribution < 1.29 is 22.7 Å². The van der Waals surface area contributed by atoms with E-state index in [1.165, 1.54) is 6.07 Å². The predicted molar refractivity (Wildman–Crippen MR) is 154 cm³/mol. The van der Waals surface area contributed by atoms with Gasteiger partial charge >= 0.3 is 6.61 Å². The van der Waals surface area contributed by atoms with Crippen molar-refractivity contribution in [1.29, 1.82) is 5.41 Å². The van der Waals surface area contributed by atoms with Gasteiger partial charge in [0.05, 0.1) is 22.6 Å². The first-order valence-electron chi connectivity index (χ1n) is 13.6. The van der Waals surface area contributed by atoms with Crippen molar-refractivity contribution in [1.82, 2.24) is 14.5 Å². The molecule has 0 bridgehead atoms. The number of hydrogen-bond acceptors (Lipinski definition) is 3. The van der Waals surface area contributed by atoms with Gasteiger partial charge in [-0.15, -0.1) is 0 Å². The molecule has 0 radical (unpaired) electrons. The van der Waals surface area contributed by atoms with E-state index in [0.717, 1.165) is 43.4 Å². The standard InChI is InChI=1S/C31H27Cl2F3N4O2/c32-25-8-3-19(14-26(25)33)28(18-1-2-18)38-29(41)21-12-17(16-39-9-10-40(31(39)37)23-5-6-23)11-20(13-21)24-7-4-22(34)15-27(24)42-30(35)36/h3-4,7-15,18,23,28,30,37H,1-2,5-6,16H2,(H,38,41)/t28-/m0/s1. The Morgan fingerprint density at radius 3 is 2.48 bits per heavy atom. The number of benzene rings is 3. The zero-order chi connectivity index (χ0) is 29.5. The Labute approximate surface area is 250 Å².